The van der Waals surface area contributed by atoms with E-state index in [-0.39, 0.29) is 5.78 Å². The molecule has 0 aliphatic rings. The zero-order valence-electron chi connectivity index (χ0n) is 10.5. The van der Waals surface area contributed by atoms with Crippen molar-refractivity contribution in [1.29, 1.82) is 0 Å². The summed E-state index contributed by atoms with van der Waals surface area (Å²) in [5.41, 5.74) is 2.97. The number of nitrogens with zero attached hydrogens (tertiary/aromatic N) is 1. The third kappa shape index (κ3) is 3.20. The smallest absolute Gasteiger partial charge is 0.173 e. The number of aromatic nitrogens is 1. The van der Waals surface area contributed by atoms with Crippen LogP contribution in [0.25, 0.3) is 0 Å². The Kier molecular flexibility index (Phi) is 4.15. The second-order valence-corrected chi connectivity index (χ2v) is 5.19. The minimum atomic E-state index is 0.159. The first-order chi connectivity index (χ1) is 8.66. The molecule has 0 unspecified atom stereocenters. The first-order valence-electron chi connectivity index (χ1n) is 5.81. The van der Waals surface area contributed by atoms with Crippen molar-refractivity contribution in [3.63, 3.8) is 0 Å². The van der Waals surface area contributed by atoms with Crippen molar-refractivity contribution in [2.24, 2.45) is 0 Å². The highest BCUT2D eigenvalue weighted by molar-refractivity contribution is 7.99. The Morgan fingerprint density at radius 3 is 2.78 bits per heavy atom. The van der Waals surface area contributed by atoms with E-state index in [1.807, 2.05) is 50.2 Å². The van der Waals surface area contributed by atoms with Gasteiger partial charge in [-0.3, -0.25) is 4.79 Å². The normalized spacial score (nSPS) is 10.3. The van der Waals surface area contributed by atoms with Gasteiger partial charge >= 0.3 is 0 Å². The van der Waals surface area contributed by atoms with Gasteiger partial charge in [-0.05, 0) is 37.6 Å². The first-order valence-corrected chi connectivity index (χ1v) is 6.79. The molecule has 92 valence electrons. The van der Waals surface area contributed by atoms with E-state index >= 15 is 0 Å². The molecule has 0 radical (unpaired) electrons. The number of benzene rings is 1. The molecule has 0 aliphatic carbocycles. The van der Waals surface area contributed by atoms with Crippen LogP contribution in [0.15, 0.2) is 47.6 Å². The van der Waals surface area contributed by atoms with E-state index in [1.54, 1.807) is 6.20 Å². The molecule has 0 aliphatic heterocycles. The predicted molar refractivity (Wildman–Crippen MR) is 75.2 cm³/mol. The molecule has 0 amide bonds. The molecule has 18 heavy (non-hydrogen) atoms. The molecule has 1 aromatic carbocycles. The highest BCUT2D eigenvalue weighted by Crippen LogP contribution is 2.18. The maximum atomic E-state index is 12.1. The number of aryl methyl sites for hydroxylation is 2. The summed E-state index contributed by atoms with van der Waals surface area (Å²) in [7, 11) is 0. The van der Waals surface area contributed by atoms with Gasteiger partial charge < -0.3 is 0 Å². The third-order valence-electron chi connectivity index (χ3n) is 2.68. The monoisotopic (exact) mass is 257 g/mol. The molecular weight excluding hydrogens is 242 g/mol. The zero-order valence-corrected chi connectivity index (χ0v) is 11.3. The molecule has 0 atom stereocenters. The Labute approximate surface area is 111 Å². The van der Waals surface area contributed by atoms with Gasteiger partial charge in [0, 0.05) is 11.8 Å². The van der Waals surface area contributed by atoms with Crippen LogP contribution in [0.4, 0.5) is 0 Å². The van der Waals surface area contributed by atoms with Crippen molar-refractivity contribution in [3.8, 4) is 0 Å². The number of carbonyl (C=O) groups is 1. The van der Waals surface area contributed by atoms with Crippen LogP contribution in [0.3, 0.4) is 0 Å². The lowest BCUT2D eigenvalue weighted by molar-refractivity contribution is 0.102. The van der Waals surface area contributed by atoms with Crippen LogP contribution < -0.4 is 0 Å². The van der Waals surface area contributed by atoms with Crippen LogP contribution in [-0.2, 0) is 0 Å². The standard InChI is InChI=1S/C15H15NOS/c1-11-6-7-12(2)13(9-11)14(17)10-18-15-5-3-4-8-16-15/h3-9H,10H2,1-2H3. The number of hydrogen-bond acceptors (Lipinski definition) is 3. The minimum absolute atomic E-state index is 0.159. The van der Waals surface area contributed by atoms with Gasteiger partial charge in [-0.2, -0.15) is 0 Å². The lowest BCUT2D eigenvalue weighted by Crippen LogP contribution is -2.05. The maximum absolute atomic E-state index is 12.1. The number of carbonyl (C=O) groups excluding carboxylic acids is 1. The van der Waals surface area contributed by atoms with E-state index in [0.29, 0.717) is 5.75 Å². The zero-order chi connectivity index (χ0) is 13.0. The molecule has 0 saturated heterocycles. The van der Waals surface area contributed by atoms with Gasteiger partial charge in [0.2, 0.25) is 0 Å². The summed E-state index contributed by atoms with van der Waals surface area (Å²) in [6, 6.07) is 11.7. The Balaban J connectivity index is 2.06. The maximum Gasteiger partial charge on any atom is 0.173 e. The molecule has 0 bridgehead atoms. The molecule has 2 rings (SSSR count). The lowest BCUT2D eigenvalue weighted by atomic mass is 10.0. The Morgan fingerprint density at radius 2 is 2.06 bits per heavy atom. The van der Waals surface area contributed by atoms with Gasteiger partial charge in [-0.1, -0.05) is 35.5 Å². The van der Waals surface area contributed by atoms with Crippen LogP contribution in [0.2, 0.25) is 0 Å². The number of rotatable bonds is 4. The molecule has 1 heterocycles. The van der Waals surface area contributed by atoms with Crippen molar-refractivity contribution < 1.29 is 4.79 Å². The quantitative estimate of drug-likeness (QED) is 0.618. The first kappa shape index (κ1) is 12.8. The van der Waals surface area contributed by atoms with E-state index in [4.69, 9.17) is 0 Å². The van der Waals surface area contributed by atoms with Gasteiger partial charge in [0.15, 0.2) is 5.78 Å². The van der Waals surface area contributed by atoms with Crippen LogP contribution >= 0.6 is 11.8 Å². The molecule has 0 N–H and O–H groups in total. The number of ketones is 1. The molecule has 3 heteroatoms. The van der Waals surface area contributed by atoms with Crippen molar-refractivity contribution in [2.75, 3.05) is 5.75 Å². The Hall–Kier alpha value is -1.61. The third-order valence-corrected chi connectivity index (χ3v) is 3.63. The lowest BCUT2D eigenvalue weighted by Gasteiger charge is -2.05. The van der Waals surface area contributed by atoms with Crippen molar-refractivity contribution in [2.45, 2.75) is 18.9 Å². The average molecular weight is 257 g/mol. The highest BCUT2D eigenvalue weighted by Gasteiger charge is 2.10. The van der Waals surface area contributed by atoms with Crippen LogP contribution in [-0.4, -0.2) is 16.5 Å². The summed E-state index contributed by atoms with van der Waals surface area (Å²) in [5.74, 6) is 0.591. The number of pyridine rings is 1. The fourth-order valence-corrected chi connectivity index (χ4v) is 2.43. The van der Waals surface area contributed by atoms with E-state index < -0.39 is 0 Å². The largest absolute Gasteiger partial charge is 0.293 e. The van der Waals surface area contributed by atoms with Gasteiger partial charge in [0.1, 0.15) is 0 Å². The van der Waals surface area contributed by atoms with E-state index in [2.05, 4.69) is 4.98 Å². The molecule has 1 aromatic heterocycles. The van der Waals surface area contributed by atoms with Crippen molar-refractivity contribution >= 4 is 17.5 Å². The van der Waals surface area contributed by atoms with E-state index in [0.717, 1.165) is 21.7 Å². The predicted octanol–water partition coefficient (Wildman–Crippen LogP) is 3.67. The second kappa shape index (κ2) is 5.83. The average Bonchev–Trinajstić information content (AvgIpc) is 2.40. The summed E-state index contributed by atoms with van der Waals surface area (Å²) >= 11 is 1.48. The summed E-state index contributed by atoms with van der Waals surface area (Å²) in [6.07, 6.45) is 1.74. The summed E-state index contributed by atoms with van der Waals surface area (Å²) in [6.45, 7) is 3.97. The molecule has 0 spiro atoms. The fourth-order valence-electron chi connectivity index (χ4n) is 1.69. The minimum Gasteiger partial charge on any atom is -0.293 e. The molecule has 0 fully saturated rings. The van der Waals surface area contributed by atoms with Crippen LogP contribution in [0.1, 0.15) is 21.5 Å². The topological polar surface area (TPSA) is 30.0 Å². The Bertz CT molecular complexity index is 552. The van der Waals surface area contributed by atoms with Crippen LogP contribution in [0.5, 0.6) is 0 Å². The van der Waals surface area contributed by atoms with Gasteiger partial charge in [0.05, 0.1) is 10.8 Å². The molecule has 0 saturated carbocycles. The van der Waals surface area contributed by atoms with E-state index in [1.165, 1.54) is 11.8 Å². The number of hydrogen-bond donors (Lipinski definition) is 0. The summed E-state index contributed by atoms with van der Waals surface area (Å²) in [4.78, 5) is 16.3. The van der Waals surface area contributed by atoms with Crippen molar-refractivity contribution in [1.82, 2.24) is 4.98 Å². The van der Waals surface area contributed by atoms with Gasteiger partial charge in [0.25, 0.3) is 0 Å². The second-order valence-electron chi connectivity index (χ2n) is 4.20. The van der Waals surface area contributed by atoms with Gasteiger partial charge in [-0.25, -0.2) is 4.98 Å². The number of thioether (sulfide) groups is 1. The fraction of sp³-hybridized carbons (Fsp3) is 0.200. The highest BCUT2D eigenvalue weighted by atomic mass is 32.2. The molecule has 2 nitrogen and oxygen atoms in total. The van der Waals surface area contributed by atoms with Gasteiger partial charge in [-0.15, -0.1) is 0 Å². The molecular formula is C15H15NOS. The van der Waals surface area contributed by atoms with Crippen molar-refractivity contribution in [3.05, 3.63) is 59.3 Å². The summed E-state index contributed by atoms with van der Waals surface area (Å²) in [5, 5.41) is 0.885. The molecule has 2 aromatic rings. The summed E-state index contributed by atoms with van der Waals surface area (Å²) < 4.78 is 0. The van der Waals surface area contributed by atoms with E-state index in [9.17, 15) is 4.79 Å². The number of Topliss-reactive ketones (excluding diaryl/α,β-unsaturated/α-hetero) is 1. The SMILES string of the molecule is Cc1ccc(C)c(C(=O)CSc2ccccn2)c1. The Morgan fingerprint density at radius 1 is 1.22 bits per heavy atom. The van der Waals surface area contributed by atoms with Crippen LogP contribution in [0, 0.1) is 13.8 Å².